The van der Waals surface area contributed by atoms with E-state index in [-0.39, 0.29) is 18.7 Å². The standard InChI is InChI=1S/C17H17N3O5/c21-17(19-22)10-7-13-1-3-14(4-2-13)11-18-25-12-15-5-8-16(9-6-15)20(23)24/h1-6,8-9,11,22H,7,10,12H2,(H,19,21). The van der Waals surface area contributed by atoms with Crippen LogP contribution in [-0.2, 0) is 22.7 Å². The second-order valence-corrected chi connectivity index (χ2v) is 5.21. The first-order valence-electron chi connectivity index (χ1n) is 7.49. The molecule has 25 heavy (non-hydrogen) atoms. The van der Waals surface area contributed by atoms with Gasteiger partial charge in [-0.05, 0) is 35.2 Å². The average Bonchev–Trinajstić information content (AvgIpc) is 2.64. The summed E-state index contributed by atoms with van der Waals surface area (Å²) in [6, 6.07) is 13.5. The summed E-state index contributed by atoms with van der Waals surface area (Å²) in [6.07, 6.45) is 2.29. The van der Waals surface area contributed by atoms with E-state index in [1.54, 1.807) is 23.8 Å². The number of rotatable bonds is 8. The molecule has 2 N–H and O–H groups in total. The molecule has 0 saturated carbocycles. The molecule has 8 nitrogen and oxygen atoms in total. The smallest absolute Gasteiger partial charge is 0.269 e. The maximum Gasteiger partial charge on any atom is 0.269 e. The van der Waals surface area contributed by atoms with Crippen LogP contribution in [0.1, 0.15) is 23.1 Å². The van der Waals surface area contributed by atoms with Crippen molar-refractivity contribution in [3.05, 3.63) is 75.3 Å². The Morgan fingerprint density at radius 1 is 1.16 bits per heavy atom. The Morgan fingerprint density at radius 2 is 1.80 bits per heavy atom. The van der Waals surface area contributed by atoms with Crippen LogP contribution in [0.15, 0.2) is 53.7 Å². The van der Waals surface area contributed by atoms with Crippen molar-refractivity contribution in [1.82, 2.24) is 5.48 Å². The van der Waals surface area contributed by atoms with Gasteiger partial charge in [-0.1, -0.05) is 29.4 Å². The van der Waals surface area contributed by atoms with E-state index in [1.807, 2.05) is 24.3 Å². The van der Waals surface area contributed by atoms with E-state index < -0.39 is 10.8 Å². The Hall–Kier alpha value is -3.26. The van der Waals surface area contributed by atoms with Gasteiger partial charge in [-0.15, -0.1) is 0 Å². The highest BCUT2D eigenvalue weighted by molar-refractivity contribution is 5.79. The summed E-state index contributed by atoms with van der Waals surface area (Å²) in [5, 5.41) is 22.9. The summed E-state index contributed by atoms with van der Waals surface area (Å²) in [5.74, 6) is -0.426. The van der Waals surface area contributed by atoms with Crippen molar-refractivity contribution >= 4 is 17.8 Å². The summed E-state index contributed by atoms with van der Waals surface area (Å²) in [7, 11) is 0. The molecule has 0 spiro atoms. The van der Waals surface area contributed by atoms with E-state index in [0.29, 0.717) is 6.42 Å². The zero-order valence-corrected chi connectivity index (χ0v) is 13.3. The van der Waals surface area contributed by atoms with Crippen molar-refractivity contribution in [1.29, 1.82) is 0 Å². The molecule has 2 rings (SSSR count). The monoisotopic (exact) mass is 343 g/mol. The number of carbonyl (C=O) groups is 1. The van der Waals surface area contributed by atoms with Gasteiger partial charge >= 0.3 is 0 Å². The SMILES string of the molecule is O=C(CCc1ccc(C=NOCc2ccc([N+](=O)[O-])cc2)cc1)NO. The summed E-state index contributed by atoms with van der Waals surface area (Å²) in [4.78, 5) is 26.2. The largest absolute Gasteiger partial charge is 0.391 e. The molecule has 1 amide bonds. The predicted octanol–water partition coefficient (Wildman–Crippen LogP) is 2.58. The number of nitro benzene ring substituents is 1. The zero-order valence-electron chi connectivity index (χ0n) is 13.3. The molecule has 8 heteroatoms. The molecule has 0 atom stereocenters. The van der Waals surface area contributed by atoms with Crippen LogP contribution in [0.5, 0.6) is 0 Å². The minimum absolute atomic E-state index is 0.0313. The molecule has 0 aromatic heterocycles. The first-order chi connectivity index (χ1) is 12.1. The molecule has 0 aliphatic heterocycles. The Morgan fingerprint density at radius 3 is 2.40 bits per heavy atom. The van der Waals surface area contributed by atoms with Crippen LogP contribution >= 0.6 is 0 Å². The van der Waals surface area contributed by atoms with Crippen molar-refractivity contribution < 1.29 is 19.8 Å². The summed E-state index contributed by atoms with van der Waals surface area (Å²) in [5.41, 5.74) is 4.20. The van der Waals surface area contributed by atoms with Gasteiger partial charge in [0, 0.05) is 18.6 Å². The molecular weight excluding hydrogens is 326 g/mol. The van der Waals surface area contributed by atoms with Gasteiger partial charge in [0.05, 0.1) is 11.1 Å². The van der Waals surface area contributed by atoms with Crippen LogP contribution in [0.25, 0.3) is 0 Å². The number of hydrogen-bond acceptors (Lipinski definition) is 6. The van der Waals surface area contributed by atoms with Gasteiger partial charge in [0.15, 0.2) is 0 Å². The number of hydroxylamine groups is 1. The van der Waals surface area contributed by atoms with Crippen LogP contribution in [0.3, 0.4) is 0 Å². The first-order valence-corrected chi connectivity index (χ1v) is 7.49. The lowest BCUT2D eigenvalue weighted by Gasteiger charge is -2.01. The minimum Gasteiger partial charge on any atom is -0.391 e. The normalized spacial score (nSPS) is 10.6. The Labute approximate surface area is 143 Å². The number of nitro groups is 1. The minimum atomic E-state index is -0.456. The number of amides is 1. The summed E-state index contributed by atoms with van der Waals surface area (Å²) in [6.45, 7) is 0.211. The molecule has 0 heterocycles. The number of aryl methyl sites for hydroxylation is 1. The van der Waals surface area contributed by atoms with Crippen molar-refractivity contribution in [2.24, 2.45) is 5.16 Å². The number of nitrogens with zero attached hydrogens (tertiary/aromatic N) is 2. The third-order valence-electron chi connectivity index (χ3n) is 3.40. The number of carbonyl (C=O) groups excluding carboxylic acids is 1. The van der Waals surface area contributed by atoms with Crippen LogP contribution < -0.4 is 5.48 Å². The van der Waals surface area contributed by atoms with E-state index in [0.717, 1.165) is 16.7 Å². The van der Waals surface area contributed by atoms with Crippen LogP contribution in [0.4, 0.5) is 5.69 Å². The summed E-state index contributed by atoms with van der Waals surface area (Å²) >= 11 is 0. The molecule has 0 fully saturated rings. The number of hydrogen-bond donors (Lipinski definition) is 2. The molecule has 0 aliphatic rings. The predicted molar refractivity (Wildman–Crippen MR) is 90.2 cm³/mol. The molecule has 0 saturated heterocycles. The number of benzene rings is 2. The van der Waals surface area contributed by atoms with Gasteiger partial charge in [0.2, 0.25) is 5.91 Å². The summed E-state index contributed by atoms with van der Waals surface area (Å²) < 4.78 is 0. The maximum absolute atomic E-state index is 11.0. The molecule has 2 aromatic rings. The highest BCUT2D eigenvalue weighted by atomic mass is 16.6. The lowest BCUT2D eigenvalue weighted by molar-refractivity contribution is -0.384. The van der Waals surface area contributed by atoms with Gasteiger partial charge in [-0.2, -0.15) is 0 Å². The number of oxime groups is 1. The van der Waals surface area contributed by atoms with E-state index in [9.17, 15) is 14.9 Å². The van der Waals surface area contributed by atoms with Crippen LogP contribution in [0, 0.1) is 10.1 Å². The zero-order chi connectivity index (χ0) is 18.1. The molecule has 0 radical (unpaired) electrons. The van der Waals surface area contributed by atoms with Crippen LogP contribution in [0.2, 0.25) is 0 Å². The van der Waals surface area contributed by atoms with E-state index in [4.69, 9.17) is 10.0 Å². The fourth-order valence-electron chi connectivity index (χ4n) is 2.01. The second kappa shape index (κ2) is 9.14. The fraction of sp³-hybridized carbons (Fsp3) is 0.176. The average molecular weight is 343 g/mol. The van der Waals surface area contributed by atoms with Crippen LogP contribution in [-0.4, -0.2) is 22.3 Å². The Bertz CT molecular complexity index is 742. The van der Waals surface area contributed by atoms with Gasteiger partial charge in [0.1, 0.15) is 6.61 Å². The number of non-ortho nitro benzene ring substituents is 1. The highest BCUT2D eigenvalue weighted by Gasteiger charge is 2.03. The molecule has 0 aliphatic carbocycles. The topological polar surface area (TPSA) is 114 Å². The third-order valence-corrected chi connectivity index (χ3v) is 3.40. The van der Waals surface area contributed by atoms with Gasteiger partial charge in [0.25, 0.3) is 5.69 Å². The lowest BCUT2D eigenvalue weighted by atomic mass is 10.1. The van der Waals surface area contributed by atoms with E-state index >= 15 is 0 Å². The maximum atomic E-state index is 11.0. The van der Waals surface area contributed by atoms with Crippen molar-refractivity contribution in [3.63, 3.8) is 0 Å². The second-order valence-electron chi connectivity index (χ2n) is 5.21. The van der Waals surface area contributed by atoms with Gasteiger partial charge in [-0.25, -0.2) is 5.48 Å². The Balaban J connectivity index is 1.79. The quantitative estimate of drug-likeness (QED) is 0.331. The molecule has 0 unspecified atom stereocenters. The van der Waals surface area contributed by atoms with Gasteiger partial charge in [-0.3, -0.25) is 20.1 Å². The molecule has 2 aromatic carbocycles. The first kappa shape index (κ1) is 18.1. The Kier molecular flexibility index (Phi) is 6.61. The lowest BCUT2D eigenvalue weighted by Crippen LogP contribution is -2.18. The third kappa shape index (κ3) is 6.04. The molecule has 130 valence electrons. The number of nitrogens with one attached hydrogen (secondary N) is 1. The van der Waals surface area contributed by atoms with Gasteiger partial charge < -0.3 is 4.84 Å². The van der Waals surface area contributed by atoms with E-state index in [2.05, 4.69) is 5.16 Å². The van der Waals surface area contributed by atoms with Crippen molar-refractivity contribution in [2.45, 2.75) is 19.4 Å². The van der Waals surface area contributed by atoms with Crippen molar-refractivity contribution in [2.75, 3.05) is 0 Å². The van der Waals surface area contributed by atoms with Crippen molar-refractivity contribution in [3.8, 4) is 0 Å². The fourth-order valence-corrected chi connectivity index (χ4v) is 2.01. The highest BCUT2D eigenvalue weighted by Crippen LogP contribution is 2.12. The van der Waals surface area contributed by atoms with E-state index in [1.165, 1.54) is 12.1 Å². The molecule has 0 bridgehead atoms. The molecular formula is C17H17N3O5.